The first-order valence-electron chi connectivity index (χ1n) is 6.25. The van der Waals surface area contributed by atoms with Gasteiger partial charge in [-0.05, 0) is 31.2 Å². The van der Waals surface area contributed by atoms with Crippen LogP contribution in [-0.2, 0) is 0 Å². The Morgan fingerprint density at radius 2 is 2.05 bits per heavy atom. The minimum atomic E-state index is -0.254. The van der Waals surface area contributed by atoms with Gasteiger partial charge in [-0.2, -0.15) is 0 Å². The molecule has 0 aliphatic carbocycles. The van der Waals surface area contributed by atoms with E-state index in [4.69, 9.17) is 16.3 Å². The fourth-order valence-electron chi connectivity index (χ4n) is 1.62. The number of nitrogens with zero attached hydrogens (tertiary/aromatic N) is 1. The van der Waals surface area contributed by atoms with Crippen molar-refractivity contribution in [2.24, 2.45) is 0 Å². The third-order valence-corrected chi connectivity index (χ3v) is 2.98. The summed E-state index contributed by atoms with van der Waals surface area (Å²) in [6.45, 7) is 2.81. The van der Waals surface area contributed by atoms with Gasteiger partial charge in [-0.25, -0.2) is 4.98 Å². The molecular weight excluding hydrogens is 276 g/mol. The smallest absolute Gasteiger partial charge is 0.254 e. The van der Waals surface area contributed by atoms with Gasteiger partial charge in [0.2, 0.25) is 0 Å². The normalized spacial score (nSPS) is 10.1. The van der Waals surface area contributed by atoms with Crippen LogP contribution < -0.4 is 10.1 Å². The number of hydrogen-bond donors (Lipinski definition) is 1. The highest BCUT2D eigenvalue weighted by Gasteiger charge is 2.09. The van der Waals surface area contributed by atoms with Gasteiger partial charge in [0.05, 0.1) is 12.1 Å². The molecule has 0 spiro atoms. The maximum Gasteiger partial charge on any atom is 0.254 e. The number of aryl methyl sites for hydroxylation is 1. The molecule has 2 aromatic rings. The van der Waals surface area contributed by atoms with E-state index in [1.165, 1.54) is 5.56 Å². The molecule has 0 unspecified atom stereocenters. The summed E-state index contributed by atoms with van der Waals surface area (Å²) in [6, 6.07) is 11.0. The number of pyridine rings is 1. The van der Waals surface area contributed by atoms with Crippen LogP contribution in [0, 0.1) is 6.92 Å². The van der Waals surface area contributed by atoms with Gasteiger partial charge >= 0.3 is 0 Å². The number of benzene rings is 1. The van der Waals surface area contributed by atoms with Crippen LogP contribution >= 0.6 is 11.6 Å². The van der Waals surface area contributed by atoms with Crippen LogP contribution in [0.25, 0.3) is 0 Å². The molecule has 0 atom stereocenters. The van der Waals surface area contributed by atoms with Gasteiger partial charge in [0.15, 0.2) is 0 Å². The molecule has 1 aromatic carbocycles. The lowest BCUT2D eigenvalue weighted by Crippen LogP contribution is -2.28. The predicted molar refractivity (Wildman–Crippen MR) is 78.3 cm³/mol. The Morgan fingerprint density at radius 1 is 1.30 bits per heavy atom. The third-order valence-electron chi connectivity index (χ3n) is 2.68. The number of aromatic nitrogens is 1. The van der Waals surface area contributed by atoms with Gasteiger partial charge in [0.1, 0.15) is 17.5 Å². The molecule has 20 heavy (non-hydrogen) atoms. The fourth-order valence-corrected chi connectivity index (χ4v) is 1.82. The van der Waals surface area contributed by atoms with E-state index in [1.807, 2.05) is 31.2 Å². The summed E-state index contributed by atoms with van der Waals surface area (Å²) in [6.07, 6.45) is 1.54. The Bertz CT molecular complexity index is 585. The van der Waals surface area contributed by atoms with Crippen LogP contribution in [0.4, 0.5) is 0 Å². The van der Waals surface area contributed by atoms with E-state index < -0.39 is 0 Å². The monoisotopic (exact) mass is 290 g/mol. The van der Waals surface area contributed by atoms with E-state index in [-0.39, 0.29) is 11.1 Å². The number of carbonyl (C=O) groups is 1. The Labute approximate surface area is 122 Å². The summed E-state index contributed by atoms with van der Waals surface area (Å²) in [7, 11) is 0. The zero-order chi connectivity index (χ0) is 14.4. The molecule has 4 nitrogen and oxygen atoms in total. The second kappa shape index (κ2) is 6.91. The maximum absolute atomic E-state index is 11.8. The highest BCUT2D eigenvalue weighted by molar-refractivity contribution is 6.32. The SMILES string of the molecule is Cc1ccc(OCCNC(=O)c2cccnc2Cl)cc1. The van der Waals surface area contributed by atoms with Gasteiger partial charge in [0, 0.05) is 6.20 Å². The van der Waals surface area contributed by atoms with E-state index in [9.17, 15) is 4.79 Å². The van der Waals surface area contributed by atoms with Crippen LogP contribution in [0.2, 0.25) is 5.15 Å². The molecule has 1 N–H and O–H groups in total. The van der Waals surface area contributed by atoms with E-state index in [0.29, 0.717) is 18.7 Å². The molecule has 0 bridgehead atoms. The van der Waals surface area contributed by atoms with Crippen molar-refractivity contribution in [3.05, 3.63) is 58.9 Å². The number of nitrogens with one attached hydrogen (secondary N) is 1. The lowest BCUT2D eigenvalue weighted by Gasteiger charge is -2.08. The summed E-state index contributed by atoms with van der Waals surface area (Å²) >= 11 is 5.84. The molecule has 0 aliphatic rings. The van der Waals surface area contributed by atoms with Gasteiger partial charge < -0.3 is 10.1 Å². The van der Waals surface area contributed by atoms with E-state index >= 15 is 0 Å². The summed E-state index contributed by atoms with van der Waals surface area (Å²) < 4.78 is 5.51. The molecule has 0 aliphatic heterocycles. The molecule has 5 heteroatoms. The van der Waals surface area contributed by atoms with Crippen LogP contribution in [0.1, 0.15) is 15.9 Å². The van der Waals surface area contributed by atoms with E-state index in [1.54, 1.807) is 18.3 Å². The molecule has 0 fully saturated rings. The molecule has 1 amide bonds. The summed E-state index contributed by atoms with van der Waals surface area (Å²) in [4.78, 5) is 15.7. The Hall–Kier alpha value is -2.07. The molecular formula is C15H15ClN2O2. The average Bonchev–Trinajstić information content (AvgIpc) is 2.46. The number of hydrogen-bond acceptors (Lipinski definition) is 3. The highest BCUT2D eigenvalue weighted by Crippen LogP contribution is 2.12. The van der Waals surface area contributed by atoms with Crippen LogP contribution in [-0.4, -0.2) is 24.0 Å². The lowest BCUT2D eigenvalue weighted by atomic mass is 10.2. The van der Waals surface area contributed by atoms with Crippen molar-refractivity contribution in [1.82, 2.24) is 10.3 Å². The molecule has 2 rings (SSSR count). The quantitative estimate of drug-likeness (QED) is 0.680. The number of halogens is 1. The Balaban J connectivity index is 1.77. The Morgan fingerprint density at radius 3 is 2.75 bits per heavy atom. The Kier molecular flexibility index (Phi) is 4.96. The van der Waals surface area contributed by atoms with Gasteiger partial charge in [-0.3, -0.25) is 4.79 Å². The van der Waals surface area contributed by atoms with E-state index in [0.717, 1.165) is 5.75 Å². The average molecular weight is 291 g/mol. The standard InChI is InChI=1S/C15H15ClN2O2/c1-11-4-6-12(7-5-11)20-10-9-18-15(19)13-3-2-8-17-14(13)16/h2-8H,9-10H2,1H3,(H,18,19). The first-order valence-corrected chi connectivity index (χ1v) is 6.63. The topological polar surface area (TPSA) is 51.2 Å². The maximum atomic E-state index is 11.8. The second-order valence-electron chi connectivity index (χ2n) is 4.26. The third kappa shape index (κ3) is 3.96. The van der Waals surface area contributed by atoms with Crippen LogP contribution in [0.15, 0.2) is 42.6 Å². The van der Waals surface area contributed by atoms with Gasteiger partial charge in [-0.1, -0.05) is 29.3 Å². The van der Waals surface area contributed by atoms with Crippen LogP contribution in [0.5, 0.6) is 5.75 Å². The number of ether oxygens (including phenoxy) is 1. The molecule has 1 heterocycles. The summed E-state index contributed by atoms with van der Waals surface area (Å²) in [5, 5.41) is 2.93. The molecule has 0 radical (unpaired) electrons. The minimum Gasteiger partial charge on any atom is -0.492 e. The number of carbonyl (C=O) groups excluding carboxylic acids is 1. The lowest BCUT2D eigenvalue weighted by molar-refractivity contribution is 0.0947. The minimum absolute atomic E-state index is 0.199. The van der Waals surface area contributed by atoms with Crippen molar-refractivity contribution in [2.45, 2.75) is 6.92 Å². The molecule has 0 saturated carbocycles. The fraction of sp³-hybridized carbons (Fsp3) is 0.200. The van der Waals surface area contributed by atoms with Crippen molar-refractivity contribution >= 4 is 17.5 Å². The van der Waals surface area contributed by atoms with Crippen molar-refractivity contribution in [1.29, 1.82) is 0 Å². The summed E-state index contributed by atoms with van der Waals surface area (Å²) in [5.74, 6) is 0.528. The van der Waals surface area contributed by atoms with E-state index in [2.05, 4.69) is 10.3 Å². The molecule has 1 aromatic heterocycles. The van der Waals surface area contributed by atoms with Crippen LogP contribution in [0.3, 0.4) is 0 Å². The van der Waals surface area contributed by atoms with Crippen molar-refractivity contribution in [2.75, 3.05) is 13.2 Å². The zero-order valence-electron chi connectivity index (χ0n) is 11.1. The first kappa shape index (κ1) is 14.3. The first-order chi connectivity index (χ1) is 9.66. The molecule has 104 valence electrons. The van der Waals surface area contributed by atoms with Crippen molar-refractivity contribution in [3.63, 3.8) is 0 Å². The molecule has 0 saturated heterocycles. The second-order valence-corrected chi connectivity index (χ2v) is 4.62. The van der Waals surface area contributed by atoms with Crippen molar-refractivity contribution < 1.29 is 9.53 Å². The summed E-state index contributed by atoms with van der Waals surface area (Å²) in [5.41, 5.74) is 1.54. The zero-order valence-corrected chi connectivity index (χ0v) is 11.9. The van der Waals surface area contributed by atoms with Crippen molar-refractivity contribution in [3.8, 4) is 5.75 Å². The predicted octanol–water partition coefficient (Wildman–Crippen LogP) is 2.85. The largest absolute Gasteiger partial charge is 0.492 e. The number of rotatable bonds is 5. The number of amides is 1. The van der Waals surface area contributed by atoms with Gasteiger partial charge in [0.25, 0.3) is 5.91 Å². The highest BCUT2D eigenvalue weighted by atomic mass is 35.5. The van der Waals surface area contributed by atoms with Gasteiger partial charge in [-0.15, -0.1) is 0 Å².